The average molecular weight is 140 g/mol. The van der Waals surface area contributed by atoms with E-state index in [-0.39, 0.29) is 0 Å². The molecule has 0 unspecified atom stereocenters. The van der Waals surface area contributed by atoms with Gasteiger partial charge in [0, 0.05) is 18.4 Å². The van der Waals surface area contributed by atoms with Crippen LogP contribution in [-0.4, -0.2) is 11.4 Å². The lowest BCUT2D eigenvalue weighted by Gasteiger charge is -2.18. The highest BCUT2D eigenvalue weighted by Crippen LogP contribution is 2.01. The van der Waals surface area contributed by atoms with Crippen LogP contribution in [0.15, 0.2) is 24.7 Å². The van der Waals surface area contributed by atoms with Crippen molar-refractivity contribution in [3.63, 3.8) is 0 Å². The Morgan fingerprint density at radius 1 is 1.70 bits per heavy atom. The van der Waals surface area contributed by atoms with Crippen LogP contribution in [0.3, 0.4) is 0 Å². The van der Waals surface area contributed by atoms with E-state index in [4.69, 9.17) is 5.73 Å². The molecular formula is C8H16N2. The second kappa shape index (κ2) is 4.91. The second-order valence-corrected chi connectivity index (χ2v) is 2.18. The molecule has 0 aliphatic rings. The van der Waals surface area contributed by atoms with E-state index in [1.54, 1.807) is 12.4 Å². The van der Waals surface area contributed by atoms with Crippen molar-refractivity contribution in [1.29, 1.82) is 0 Å². The van der Waals surface area contributed by atoms with Gasteiger partial charge in [0.05, 0.1) is 0 Å². The zero-order valence-electron chi connectivity index (χ0n) is 6.80. The minimum absolute atomic E-state index is 0.989. The number of hydrogen-bond donors (Lipinski definition) is 1. The Morgan fingerprint density at radius 3 is 2.60 bits per heavy atom. The molecular weight excluding hydrogens is 124 g/mol. The van der Waals surface area contributed by atoms with Gasteiger partial charge in [-0.15, -0.1) is 0 Å². The van der Waals surface area contributed by atoms with Crippen LogP contribution >= 0.6 is 0 Å². The first kappa shape index (κ1) is 9.08. The fourth-order valence-corrected chi connectivity index (χ4v) is 0.748. The molecule has 0 aromatic carbocycles. The van der Waals surface area contributed by atoms with Crippen LogP contribution in [0.5, 0.6) is 0 Å². The molecule has 0 fully saturated rings. The van der Waals surface area contributed by atoms with Gasteiger partial charge in [-0.05, 0) is 19.5 Å². The van der Waals surface area contributed by atoms with E-state index in [2.05, 4.69) is 13.5 Å². The second-order valence-electron chi connectivity index (χ2n) is 2.18. The Morgan fingerprint density at radius 2 is 2.30 bits per heavy atom. The summed E-state index contributed by atoms with van der Waals surface area (Å²) in [7, 11) is 0. The Balaban J connectivity index is 3.93. The van der Waals surface area contributed by atoms with E-state index < -0.39 is 0 Å². The third kappa shape index (κ3) is 2.58. The summed E-state index contributed by atoms with van der Waals surface area (Å²) >= 11 is 0. The molecule has 10 heavy (non-hydrogen) atoms. The SMILES string of the molecule is C=CN(CCC)/C(C)=C\N. The standard InChI is InChI=1S/C8H16N2/c1-4-6-10(5-2)8(3)7-9/h5,7H,2,4,6,9H2,1,3H3/b8-7-. The minimum atomic E-state index is 0.989. The Bertz CT molecular complexity index is 127. The maximum Gasteiger partial charge on any atom is 0.0298 e. The monoisotopic (exact) mass is 140 g/mol. The van der Waals surface area contributed by atoms with E-state index in [9.17, 15) is 0 Å². The van der Waals surface area contributed by atoms with E-state index in [0.717, 1.165) is 18.7 Å². The van der Waals surface area contributed by atoms with Crippen LogP contribution in [0.2, 0.25) is 0 Å². The van der Waals surface area contributed by atoms with Crippen LogP contribution in [0.25, 0.3) is 0 Å². The van der Waals surface area contributed by atoms with Crippen LogP contribution in [0, 0.1) is 0 Å². The molecule has 0 bridgehead atoms. The molecule has 2 nitrogen and oxygen atoms in total. The molecule has 58 valence electrons. The summed E-state index contributed by atoms with van der Waals surface area (Å²) in [6, 6.07) is 0. The zero-order chi connectivity index (χ0) is 7.98. The van der Waals surface area contributed by atoms with Gasteiger partial charge >= 0.3 is 0 Å². The summed E-state index contributed by atoms with van der Waals surface area (Å²) in [4.78, 5) is 2.03. The number of rotatable bonds is 4. The van der Waals surface area contributed by atoms with Crippen molar-refractivity contribution >= 4 is 0 Å². The third-order valence-corrected chi connectivity index (χ3v) is 1.38. The molecule has 0 radical (unpaired) electrons. The van der Waals surface area contributed by atoms with Crippen molar-refractivity contribution in [3.8, 4) is 0 Å². The summed E-state index contributed by atoms with van der Waals surface area (Å²) in [5.41, 5.74) is 6.38. The van der Waals surface area contributed by atoms with Gasteiger partial charge in [0.25, 0.3) is 0 Å². The number of allylic oxidation sites excluding steroid dienone is 1. The van der Waals surface area contributed by atoms with Crippen molar-refractivity contribution < 1.29 is 0 Å². The predicted molar refractivity (Wildman–Crippen MR) is 45.1 cm³/mol. The molecule has 0 atom stereocenters. The fraction of sp³-hybridized carbons (Fsp3) is 0.500. The van der Waals surface area contributed by atoms with E-state index in [0.29, 0.717) is 0 Å². The van der Waals surface area contributed by atoms with Crippen molar-refractivity contribution in [1.82, 2.24) is 4.90 Å². The average Bonchev–Trinajstić information content (AvgIpc) is 1.99. The molecule has 0 aromatic rings. The molecule has 2 heteroatoms. The van der Waals surface area contributed by atoms with E-state index >= 15 is 0 Å². The van der Waals surface area contributed by atoms with Crippen LogP contribution in [-0.2, 0) is 0 Å². The first-order valence-electron chi connectivity index (χ1n) is 3.54. The molecule has 0 rings (SSSR count). The number of nitrogens with two attached hydrogens (primary N) is 1. The topological polar surface area (TPSA) is 29.3 Å². The van der Waals surface area contributed by atoms with Gasteiger partial charge in [-0.25, -0.2) is 0 Å². The first-order valence-corrected chi connectivity index (χ1v) is 3.54. The van der Waals surface area contributed by atoms with Crippen molar-refractivity contribution in [2.45, 2.75) is 20.3 Å². The summed E-state index contributed by atoms with van der Waals surface area (Å²) in [6.07, 6.45) is 4.50. The number of nitrogens with zero attached hydrogens (tertiary/aromatic N) is 1. The molecule has 0 heterocycles. The van der Waals surface area contributed by atoms with Gasteiger partial charge in [0.2, 0.25) is 0 Å². The third-order valence-electron chi connectivity index (χ3n) is 1.38. The predicted octanol–water partition coefficient (Wildman–Crippen LogP) is 1.66. The summed E-state index contributed by atoms with van der Waals surface area (Å²) in [5.74, 6) is 0. The van der Waals surface area contributed by atoms with Crippen molar-refractivity contribution in [2.75, 3.05) is 6.54 Å². The quantitative estimate of drug-likeness (QED) is 0.643. The highest BCUT2D eigenvalue weighted by Gasteiger charge is 1.96. The Hall–Kier alpha value is -0.920. The normalized spacial score (nSPS) is 11.2. The summed E-state index contributed by atoms with van der Waals surface area (Å²) < 4.78 is 0. The first-order chi connectivity index (χ1) is 4.76. The molecule has 0 amide bonds. The zero-order valence-corrected chi connectivity index (χ0v) is 6.80. The molecule has 0 saturated carbocycles. The van der Waals surface area contributed by atoms with Gasteiger partial charge in [0.1, 0.15) is 0 Å². The van der Waals surface area contributed by atoms with Gasteiger partial charge in [-0.3, -0.25) is 0 Å². The van der Waals surface area contributed by atoms with Crippen molar-refractivity contribution in [2.24, 2.45) is 5.73 Å². The highest BCUT2D eigenvalue weighted by atomic mass is 15.1. The van der Waals surface area contributed by atoms with E-state index in [1.807, 2.05) is 11.8 Å². The van der Waals surface area contributed by atoms with Crippen LogP contribution in [0.1, 0.15) is 20.3 Å². The molecule has 2 N–H and O–H groups in total. The van der Waals surface area contributed by atoms with Gasteiger partial charge in [-0.2, -0.15) is 0 Å². The lowest BCUT2D eigenvalue weighted by molar-refractivity contribution is 0.463. The largest absolute Gasteiger partial charge is 0.403 e. The van der Waals surface area contributed by atoms with Crippen molar-refractivity contribution in [3.05, 3.63) is 24.7 Å². The van der Waals surface area contributed by atoms with Crippen LogP contribution < -0.4 is 5.73 Å². The van der Waals surface area contributed by atoms with Crippen LogP contribution in [0.4, 0.5) is 0 Å². The lowest BCUT2D eigenvalue weighted by atomic mass is 10.4. The minimum Gasteiger partial charge on any atom is -0.403 e. The van der Waals surface area contributed by atoms with E-state index in [1.165, 1.54) is 0 Å². The van der Waals surface area contributed by atoms with Gasteiger partial charge in [-0.1, -0.05) is 13.5 Å². The summed E-state index contributed by atoms with van der Waals surface area (Å²) in [5, 5.41) is 0. The molecule has 0 aliphatic carbocycles. The fourth-order valence-electron chi connectivity index (χ4n) is 0.748. The summed E-state index contributed by atoms with van der Waals surface area (Å²) in [6.45, 7) is 8.76. The smallest absolute Gasteiger partial charge is 0.0298 e. The van der Waals surface area contributed by atoms with Gasteiger partial charge in [0.15, 0.2) is 0 Å². The number of hydrogen-bond acceptors (Lipinski definition) is 2. The maximum absolute atomic E-state index is 5.33. The maximum atomic E-state index is 5.33. The highest BCUT2D eigenvalue weighted by molar-refractivity contribution is 4.98. The lowest BCUT2D eigenvalue weighted by Crippen LogP contribution is -2.16. The molecule has 0 aliphatic heterocycles. The Kier molecular flexibility index (Phi) is 4.46. The molecule has 0 saturated heterocycles. The molecule has 0 aromatic heterocycles. The van der Waals surface area contributed by atoms with Gasteiger partial charge < -0.3 is 10.6 Å². The Labute approximate surface area is 63.0 Å². The molecule has 0 spiro atoms.